The van der Waals surface area contributed by atoms with Crippen LogP contribution in [0.5, 0.6) is 5.75 Å². The predicted molar refractivity (Wildman–Crippen MR) is 135 cm³/mol. The van der Waals surface area contributed by atoms with Crippen LogP contribution in [0.3, 0.4) is 0 Å². The number of hydrogen-bond donors (Lipinski definition) is 3. The average molecular weight is 502 g/mol. The van der Waals surface area contributed by atoms with Crippen LogP contribution < -0.4 is 26.8 Å². The molecule has 1 saturated carbocycles. The molecule has 6 rings (SSSR count). The Morgan fingerprint density at radius 3 is 2.86 bits per heavy atom. The first kappa shape index (κ1) is 24.1. The molecule has 3 unspecified atom stereocenters. The SMILES string of the molecule is Cl.NCC12CC1CN(C1COc3cc(-n4ccc(NC(=O)N5CCNCC5)nc4=O)ccc3C1)C2. The highest BCUT2D eigenvalue weighted by Gasteiger charge is 2.59. The number of carbonyl (C=O) groups is 1. The van der Waals surface area contributed by atoms with Crippen molar-refractivity contribution in [2.45, 2.75) is 18.9 Å². The lowest BCUT2D eigenvalue weighted by Gasteiger charge is -2.34. The maximum absolute atomic E-state index is 12.7. The van der Waals surface area contributed by atoms with Gasteiger partial charge < -0.3 is 20.7 Å². The maximum atomic E-state index is 12.7. The number of likely N-dealkylation sites (tertiary alicyclic amines) is 1. The molecule has 11 heteroatoms. The molecule has 3 aliphatic heterocycles. The van der Waals surface area contributed by atoms with Gasteiger partial charge in [0.1, 0.15) is 18.2 Å². The van der Waals surface area contributed by atoms with Crippen molar-refractivity contribution in [2.75, 3.05) is 57.7 Å². The van der Waals surface area contributed by atoms with Crippen LogP contribution in [0.2, 0.25) is 0 Å². The molecule has 188 valence electrons. The number of ether oxygens (including phenoxy) is 1. The number of anilines is 1. The summed E-state index contributed by atoms with van der Waals surface area (Å²) in [5, 5.41) is 5.93. The quantitative estimate of drug-likeness (QED) is 0.563. The molecular weight excluding hydrogens is 470 g/mol. The highest BCUT2D eigenvalue weighted by molar-refractivity contribution is 5.88. The number of halogens is 1. The lowest BCUT2D eigenvalue weighted by molar-refractivity contribution is 0.125. The second kappa shape index (κ2) is 9.42. The minimum absolute atomic E-state index is 0. The highest BCUT2D eigenvalue weighted by atomic mass is 35.5. The standard InChI is InChI=1S/C24H31N7O3.ClH/c25-14-24-11-17(24)12-30(15-24)19-9-16-1-2-18(10-20(16)34-13-19)31-6-3-21(28-23(31)33)27-22(32)29-7-4-26-5-8-29;/h1-3,6,10,17,19,26H,4-5,7-9,11-15,25H2,(H,27,28,32,33);1H. The van der Waals surface area contributed by atoms with Crippen molar-refractivity contribution < 1.29 is 9.53 Å². The summed E-state index contributed by atoms with van der Waals surface area (Å²) in [6.45, 7) is 6.41. The second-order valence-corrected chi connectivity index (χ2v) is 9.99. The normalized spacial score (nSPS) is 27.3. The van der Waals surface area contributed by atoms with Crippen LogP contribution in [0.15, 0.2) is 35.3 Å². The molecule has 4 N–H and O–H groups in total. The molecule has 1 aliphatic carbocycles. The van der Waals surface area contributed by atoms with E-state index in [1.165, 1.54) is 11.0 Å². The third-order valence-corrected chi connectivity index (χ3v) is 7.91. The molecule has 4 heterocycles. The zero-order valence-corrected chi connectivity index (χ0v) is 20.4. The summed E-state index contributed by atoms with van der Waals surface area (Å²) < 4.78 is 7.60. The fraction of sp³-hybridized carbons (Fsp3) is 0.542. The number of urea groups is 1. The number of nitrogens with one attached hydrogen (secondary N) is 2. The van der Waals surface area contributed by atoms with Crippen LogP contribution in [0, 0.1) is 11.3 Å². The van der Waals surface area contributed by atoms with Crippen molar-refractivity contribution in [3.8, 4) is 11.4 Å². The van der Waals surface area contributed by atoms with Crippen LogP contribution in [-0.4, -0.2) is 83.8 Å². The first-order valence-electron chi connectivity index (χ1n) is 12.1. The van der Waals surface area contributed by atoms with Crippen molar-refractivity contribution in [2.24, 2.45) is 17.1 Å². The summed E-state index contributed by atoms with van der Waals surface area (Å²) in [7, 11) is 0. The Morgan fingerprint density at radius 2 is 2.11 bits per heavy atom. The smallest absolute Gasteiger partial charge is 0.354 e. The fourth-order valence-corrected chi connectivity index (χ4v) is 5.68. The van der Waals surface area contributed by atoms with E-state index in [1.807, 2.05) is 18.2 Å². The number of hydrogen-bond acceptors (Lipinski definition) is 7. The van der Waals surface area contributed by atoms with Crippen LogP contribution in [0.1, 0.15) is 12.0 Å². The molecule has 3 atom stereocenters. The van der Waals surface area contributed by atoms with Gasteiger partial charge in [0.2, 0.25) is 0 Å². The average Bonchev–Trinajstić information content (AvgIpc) is 3.43. The van der Waals surface area contributed by atoms with E-state index in [1.54, 1.807) is 17.2 Å². The third kappa shape index (κ3) is 4.51. The summed E-state index contributed by atoms with van der Waals surface area (Å²) in [5.74, 6) is 1.82. The first-order chi connectivity index (χ1) is 16.5. The number of carbonyl (C=O) groups excluding carboxylic acids is 1. The number of piperidine rings is 1. The van der Waals surface area contributed by atoms with E-state index in [0.29, 0.717) is 36.8 Å². The molecular formula is C24H32ClN7O3. The largest absolute Gasteiger partial charge is 0.492 e. The van der Waals surface area contributed by atoms with E-state index in [2.05, 4.69) is 20.5 Å². The molecule has 0 spiro atoms. The van der Waals surface area contributed by atoms with Gasteiger partial charge in [-0.05, 0) is 48.4 Å². The first-order valence-corrected chi connectivity index (χ1v) is 12.1. The van der Waals surface area contributed by atoms with E-state index in [4.69, 9.17) is 10.5 Å². The van der Waals surface area contributed by atoms with Gasteiger partial charge in [0.05, 0.1) is 5.69 Å². The number of aromatic nitrogens is 2. The van der Waals surface area contributed by atoms with Gasteiger partial charge in [-0.1, -0.05) is 6.07 Å². The Labute approximate surface area is 210 Å². The Bertz CT molecular complexity index is 1160. The van der Waals surface area contributed by atoms with Crippen molar-refractivity contribution in [3.63, 3.8) is 0 Å². The van der Waals surface area contributed by atoms with Crippen LogP contribution in [-0.2, 0) is 6.42 Å². The Kier molecular flexibility index (Phi) is 6.47. The maximum Gasteiger partial charge on any atom is 0.354 e. The molecule has 2 amide bonds. The number of fused-ring (bicyclic) bond motifs is 2. The fourth-order valence-electron chi connectivity index (χ4n) is 5.68. The van der Waals surface area contributed by atoms with Gasteiger partial charge in [0.15, 0.2) is 0 Å². The summed E-state index contributed by atoms with van der Waals surface area (Å²) in [5.41, 5.74) is 7.77. The van der Waals surface area contributed by atoms with Crippen LogP contribution in [0.4, 0.5) is 10.6 Å². The molecule has 1 aromatic heterocycles. The van der Waals surface area contributed by atoms with Gasteiger partial charge in [-0.15, -0.1) is 12.4 Å². The summed E-state index contributed by atoms with van der Waals surface area (Å²) in [6.07, 6.45) is 3.85. The van der Waals surface area contributed by atoms with Crippen molar-refractivity contribution in [1.29, 1.82) is 0 Å². The van der Waals surface area contributed by atoms with Gasteiger partial charge in [-0.3, -0.25) is 14.8 Å². The van der Waals surface area contributed by atoms with E-state index in [-0.39, 0.29) is 24.3 Å². The van der Waals surface area contributed by atoms with Crippen LogP contribution in [0.25, 0.3) is 5.69 Å². The summed E-state index contributed by atoms with van der Waals surface area (Å²) in [4.78, 5) is 33.4. The predicted octanol–water partition coefficient (Wildman–Crippen LogP) is 0.676. The lowest BCUT2D eigenvalue weighted by atomic mass is 10.00. The van der Waals surface area contributed by atoms with E-state index < -0.39 is 5.69 Å². The number of piperazine rings is 1. The van der Waals surface area contributed by atoms with E-state index in [0.717, 1.165) is 56.4 Å². The van der Waals surface area contributed by atoms with Gasteiger partial charge in [0.25, 0.3) is 0 Å². The number of amides is 2. The Morgan fingerprint density at radius 1 is 1.29 bits per heavy atom. The molecule has 0 bridgehead atoms. The summed E-state index contributed by atoms with van der Waals surface area (Å²) in [6, 6.07) is 7.64. The van der Waals surface area contributed by atoms with E-state index >= 15 is 0 Å². The monoisotopic (exact) mass is 501 g/mol. The van der Waals surface area contributed by atoms with Crippen molar-refractivity contribution >= 4 is 24.3 Å². The van der Waals surface area contributed by atoms with Gasteiger partial charge in [-0.2, -0.15) is 4.98 Å². The topological polar surface area (TPSA) is 118 Å². The number of rotatable bonds is 4. The zero-order valence-electron chi connectivity index (χ0n) is 19.6. The molecule has 2 saturated heterocycles. The molecule has 0 radical (unpaired) electrons. The van der Waals surface area contributed by atoms with E-state index in [9.17, 15) is 9.59 Å². The minimum Gasteiger partial charge on any atom is -0.492 e. The number of benzene rings is 1. The number of nitrogens with two attached hydrogens (primary N) is 1. The van der Waals surface area contributed by atoms with Gasteiger partial charge >= 0.3 is 11.7 Å². The Hall–Kier alpha value is -2.66. The third-order valence-electron chi connectivity index (χ3n) is 7.91. The molecule has 10 nitrogen and oxygen atoms in total. The molecule has 1 aromatic carbocycles. The second-order valence-electron chi connectivity index (χ2n) is 9.99. The van der Waals surface area contributed by atoms with Gasteiger partial charge in [0, 0.05) is 57.6 Å². The summed E-state index contributed by atoms with van der Waals surface area (Å²) >= 11 is 0. The molecule has 2 aromatic rings. The van der Waals surface area contributed by atoms with Crippen molar-refractivity contribution in [3.05, 3.63) is 46.5 Å². The molecule has 4 aliphatic rings. The van der Waals surface area contributed by atoms with Crippen molar-refractivity contribution in [1.82, 2.24) is 24.7 Å². The van der Waals surface area contributed by atoms with Crippen LogP contribution >= 0.6 is 12.4 Å². The zero-order chi connectivity index (χ0) is 23.3. The minimum atomic E-state index is -0.449. The van der Waals surface area contributed by atoms with Gasteiger partial charge in [-0.25, -0.2) is 9.59 Å². The number of nitrogens with zero attached hydrogens (tertiary/aromatic N) is 4. The molecule has 3 fully saturated rings. The highest BCUT2D eigenvalue weighted by Crippen LogP contribution is 2.57. The molecule has 35 heavy (non-hydrogen) atoms. The lowest BCUT2D eigenvalue weighted by Crippen LogP contribution is -2.48. The Balaban J connectivity index is 0.00000253.